The molecule has 1 aromatic rings. The Morgan fingerprint density at radius 2 is 2.00 bits per heavy atom. The summed E-state index contributed by atoms with van der Waals surface area (Å²) in [5, 5.41) is 6.47. The normalized spacial score (nSPS) is 21.8. The van der Waals surface area contributed by atoms with Crippen molar-refractivity contribution >= 4 is 17.4 Å². The lowest BCUT2D eigenvalue weighted by molar-refractivity contribution is 0.0465. The van der Waals surface area contributed by atoms with Crippen LogP contribution < -0.4 is 10.6 Å². The summed E-state index contributed by atoms with van der Waals surface area (Å²) in [7, 11) is 0. The van der Waals surface area contributed by atoms with E-state index in [0.717, 1.165) is 19.4 Å². The summed E-state index contributed by atoms with van der Waals surface area (Å²) in [4.78, 5) is 14.4. The second kappa shape index (κ2) is 6.36. The number of nitrogens with one attached hydrogen (secondary N) is 2. The van der Waals surface area contributed by atoms with E-state index >= 15 is 0 Å². The Morgan fingerprint density at radius 1 is 1.33 bits per heavy atom. The molecular weight excluding hydrogens is 284 g/mol. The smallest absolute Gasteiger partial charge is 0.407 e. The molecule has 1 saturated carbocycles. The lowest BCUT2D eigenvalue weighted by atomic mass is 9.87. The lowest BCUT2D eigenvalue weighted by Crippen LogP contribution is -2.52. The van der Waals surface area contributed by atoms with E-state index < -0.39 is 5.60 Å². The minimum atomic E-state index is -0.431. The largest absolute Gasteiger partial charge is 0.444 e. The Hall–Kier alpha value is -1.07. The molecule has 1 amide bonds. The monoisotopic (exact) mass is 310 g/mol. The molecule has 4 nitrogen and oxygen atoms in total. The van der Waals surface area contributed by atoms with Gasteiger partial charge in [0.05, 0.1) is 0 Å². The summed E-state index contributed by atoms with van der Waals surface area (Å²) in [6.07, 6.45) is 1.64. The summed E-state index contributed by atoms with van der Waals surface area (Å²) in [5.74, 6) is 0. The van der Waals surface area contributed by atoms with E-state index in [0.29, 0.717) is 6.04 Å². The van der Waals surface area contributed by atoms with Crippen molar-refractivity contribution in [2.75, 3.05) is 0 Å². The fraction of sp³-hybridized carbons (Fsp3) is 0.688. The van der Waals surface area contributed by atoms with Gasteiger partial charge in [-0.1, -0.05) is 0 Å². The highest BCUT2D eigenvalue weighted by molar-refractivity contribution is 7.12. The zero-order chi connectivity index (χ0) is 15.6. The maximum atomic E-state index is 11.6. The number of carbonyl (C=O) groups is 1. The van der Waals surface area contributed by atoms with Crippen molar-refractivity contribution in [2.45, 2.75) is 71.7 Å². The summed E-state index contributed by atoms with van der Waals surface area (Å²) >= 11 is 1.85. The van der Waals surface area contributed by atoms with E-state index in [1.165, 1.54) is 15.3 Å². The lowest BCUT2D eigenvalue weighted by Gasteiger charge is -2.36. The molecule has 2 rings (SSSR count). The first-order valence-corrected chi connectivity index (χ1v) is 8.33. The van der Waals surface area contributed by atoms with E-state index in [2.05, 4.69) is 30.5 Å². The van der Waals surface area contributed by atoms with Crippen LogP contribution in [0, 0.1) is 13.8 Å². The zero-order valence-electron chi connectivity index (χ0n) is 13.6. The van der Waals surface area contributed by atoms with Crippen LogP contribution in [0.1, 0.15) is 48.9 Å². The second-order valence-electron chi connectivity index (χ2n) is 6.83. The molecule has 0 unspecified atom stereocenters. The Balaban J connectivity index is 1.65. The quantitative estimate of drug-likeness (QED) is 0.895. The summed E-state index contributed by atoms with van der Waals surface area (Å²) in [6.45, 7) is 10.9. The first-order chi connectivity index (χ1) is 9.73. The summed E-state index contributed by atoms with van der Waals surface area (Å²) < 4.78 is 5.26. The molecule has 118 valence electrons. The molecule has 1 aliphatic rings. The van der Waals surface area contributed by atoms with Gasteiger partial charge in [0.2, 0.25) is 0 Å². The molecular formula is C16H26N2O2S. The van der Waals surface area contributed by atoms with E-state index in [4.69, 9.17) is 4.74 Å². The molecule has 0 aliphatic heterocycles. The highest BCUT2D eigenvalue weighted by Crippen LogP contribution is 2.24. The standard InChI is InChI=1S/C16H26N2O2S/c1-10-6-12(11(2)21-10)9-17-13-7-14(8-13)18-15(19)20-16(3,4)5/h6,13-14,17H,7-9H2,1-5H3,(H,18,19). The van der Waals surface area contributed by atoms with Gasteiger partial charge in [-0.2, -0.15) is 0 Å². The number of ether oxygens (including phenoxy) is 1. The molecule has 1 aromatic heterocycles. The van der Waals surface area contributed by atoms with Gasteiger partial charge in [0.25, 0.3) is 0 Å². The topological polar surface area (TPSA) is 50.4 Å². The summed E-state index contributed by atoms with van der Waals surface area (Å²) in [5.41, 5.74) is 0.959. The van der Waals surface area contributed by atoms with E-state index in [1.54, 1.807) is 0 Å². The van der Waals surface area contributed by atoms with Crippen LogP contribution in [0.4, 0.5) is 4.79 Å². The van der Waals surface area contributed by atoms with E-state index in [1.807, 2.05) is 32.1 Å². The van der Waals surface area contributed by atoms with Crippen molar-refractivity contribution in [1.82, 2.24) is 10.6 Å². The third-order valence-electron chi connectivity index (χ3n) is 3.58. The number of aryl methyl sites for hydroxylation is 2. The SMILES string of the molecule is Cc1cc(CNC2CC(NC(=O)OC(C)(C)C)C2)c(C)s1. The molecule has 1 heterocycles. The first-order valence-electron chi connectivity index (χ1n) is 7.52. The van der Waals surface area contributed by atoms with Crippen LogP contribution in [-0.2, 0) is 11.3 Å². The second-order valence-corrected chi connectivity index (χ2v) is 8.29. The van der Waals surface area contributed by atoms with Gasteiger partial charge in [0, 0.05) is 28.4 Å². The number of alkyl carbamates (subject to hydrolysis) is 1. The van der Waals surface area contributed by atoms with Gasteiger partial charge in [-0.25, -0.2) is 4.79 Å². The number of rotatable bonds is 4. The zero-order valence-corrected chi connectivity index (χ0v) is 14.4. The Labute approximate surface area is 131 Å². The van der Waals surface area contributed by atoms with Gasteiger partial charge < -0.3 is 15.4 Å². The van der Waals surface area contributed by atoms with Crippen LogP contribution >= 0.6 is 11.3 Å². The van der Waals surface area contributed by atoms with Gasteiger partial charge in [0.15, 0.2) is 0 Å². The van der Waals surface area contributed by atoms with Gasteiger partial charge in [0.1, 0.15) is 5.60 Å². The van der Waals surface area contributed by atoms with Gasteiger partial charge in [-0.15, -0.1) is 11.3 Å². The molecule has 1 aliphatic carbocycles. The molecule has 0 spiro atoms. The molecule has 1 fully saturated rings. The van der Waals surface area contributed by atoms with Crippen molar-refractivity contribution in [3.8, 4) is 0 Å². The van der Waals surface area contributed by atoms with Gasteiger partial charge >= 0.3 is 6.09 Å². The van der Waals surface area contributed by atoms with Crippen LogP contribution in [0.2, 0.25) is 0 Å². The van der Waals surface area contributed by atoms with Crippen molar-refractivity contribution in [2.24, 2.45) is 0 Å². The van der Waals surface area contributed by atoms with E-state index in [-0.39, 0.29) is 12.1 Å². The van der Waals surface area contributed by atoms with Crippen molar-refractivity contribution in [3.05, 3.63) is 21.4 Å². The average molecular weight is 310 g/mol. The van der Waals surface area contributed by atoms with Crippen LogP contribution in [0.15, 0.2) is 6.07 Å². The number of hydrogen-bond donors (Lipinski definition) is 2. The molecule has 2 N–H and O–H groups in total. The van der Waals surface area contributed by atoms with E-state index in [9.17, 15) is 4.79 Å². The van der Waals surface area contributed by atoms with Crippen LogP contribution in [-0.4, -0.2) is 23.8 Å². The van der Waals surface area contributed by atoms with Crippen molar-refractivity contribution in [1.29, 1.82) is 0 Å². The minimum Gasteiger partial charge on any atom is -0.444 e. The number of carbonyl (C=O) groups excluding carboxylic acids is 1. The molecule has 0 aromatic carbocycles. The van der Waals surface area contributed by atoms with Crippen LogP contribution in [0.25, 0.3) is 0 Å². The molecule has 0 radical (unpaired) electrons. The molecule has 0 bridgehead atoms. The Morgan fingerprint density at radius 3 is 2.52 bits per heavy atom. The third kappa shape index (κ3) is 5.00. The molecule has 21 heavy (non-hydrogen) atoms. The fourth-order valence-corrected chi connectivity index (χ4v) is 3.44. The average Bonchev–Trinajstić information content (AvgIpc) is 2.58. The minimum absolute atomic E-state index is 0.239. The number of amides is 1. The van der Waals surface area contributed by atoms with Crippen LogP contribution in [0.3, 0.4) is 0 Å². The number of hydrogen-bond acceptors (Lipinski definition) is 4. The van der Waals surface area contributed by atoms with Crippen molar-refractivity contribution in [3.63, 3.8) is 0 Å². The maximum absolute atomic E-state index is 11.6. The summed E-state index contributed by atoms with van der Waals surface area (Å²) in [6, 6.07) is 2.98. The maximum Gasteiger partial charge on any atom is 0.407 e. The van der Waals surface area contributed by atoms with Gasteiger partial charge in [-0.3, -0.25) is 0 Å². The Bertz CT molecular complexity index is 499. The molecule has 0 atom stereocenters. The van der Waals surface area contributed by atoms with Crippen molar-refractivity contribution < 1.29 is 9.53 Å². The van der Waals surface area contributed by atoms with Crippen LogP contribution in [0.5, 0.6) is 0 Å². The first kappa shape index (κ1) is 16.3. The highest BCUT2D eigenvalue weighted by atomic mass is 32.1. The fourth-order valence-electron chi connectivity index (χ4n) is 2.49. The molecule has 5 heteroatoms. The Kier molecular flexibility index (Phi) is 4.94. The van der Waals surface area contributed by atoms with Gasteiger partial charge in [-0.05, 0) is 59.1 Å². The highest BCUT2D eigenvalue weighted by Gasteiger charge is 2.31. The molecule has 0 saturated heterocycles. The predicted octanol–water partition coefficient (Wildman–Crippen LogP) is 3.51. The predicted molar refractivity (Wildman–Crippen MR) is 86.8 cm³/mol. The number of thiophene rings is 1. The third-order valence-corrected chi connectivity index (χ3v) is 4.59.